The van der Waals surface area contributed by atoms with Crippen LogP contribution in [0.15, 0.2) is 120 Å². The summed E-state index contributed by atoms with van der Waals surface area (Å²) in [6.07, 6.45) is 1.75. The third kappa shape index (κ3) is 6.80. The first-order chi connectivity index (χ1) is 19.9. The zero-order chi connectivity index (χ0) is 28.8. The molecule has 4 aromatic rings. The first-order valence-corrected chi connectivity index (χ1v) is 13.9. The van der Waals surface area contributed by atoms with Crippen LogP contribution >= 0.6 is 11.8 Å². The Labute approximate surface area is 242 Å². The first-order valence-electron chi connectivity index (χ1n) is 13.0. The molecule has 0 aromatic heterocycles. The number of nitrogens with one attached hydrogen (secondary N) is 2. The molecule has 4 aromatic carbocycles. The largest absolute Gasteiger partial charge is 0.321 e. The normalized spacial score (nSPS) is 15.1. The summed E-state index contributed by atoms with van der Waals surface area (Å²) in [6, 6.07) is 32.2. The second-order valence-corrected chi connectivity index (χ2v) is 10.8. The third-order valence-electron chi connectivity index (χ3n) is 6.39. The summed E-state index contributed by atoms with van der Waals surface area (Å²) in [5.41, 5.74) is 3.41. The number of aryl methyl sites for hydroxylation is 1. The molecule has 1 aliphatic heterocycles. The molecule has 1 aliphatic rings. The minimum absolute atomic E-state index is 0.0963. The Hall–Kier alpha value is -4.95. The second-order valence-electron chi connectivity index (χ2n) is 9.48. The highest BCUT2D eigenvalue weighted by Crippen LogP contribution is 2.34. The lowest BCUT2D eigenvalue weighted by Gasteiger charge is -2.15. The van der Waals surface area contributed by atoms with E-state index in [-0.39, 0.29) is 23.9 Å². The van der Waals surface area contributed by atoms with Crippen LogP contribution in [-0.4, -0.2) is 28.9 Å². The summed E-state index contributed by atoms with van der Waals surface area (Å²) in [4.78, 5) is 53.7. The van der Waals surface area contributed by atoms with Crippen LogP contribution in [0.2, 0.25) is 0 Å². The predicted molar refractivity (Wildman–Crippen MR) is 161 cm³/mol. The fourth-order valence-corrected chi connectivity index (χ4v) is 5.45. The van der Waals surface area contributed by atoms with Crippen molar-refractivity contribution in [2.45, 2.75) is 23.5 Å². The van der Waals surface area contributed by atoms with Gasteiger partial charge in [0.05, 0.1) is 10.9 Å². The number of amides is 4. The van der Waals surface area contributed by atoms with Crippen LogP contribution in [0, 0.1) is 6.92 Å². The van der Waals surface area contributed by atoms with Crippen molar-refractivity contribution >= 4 is 52.8 Å². The Morgan fingerprint density at radius 1 is 0.854 bits per heavy atom. The maximum Gasteiger partial charge on any atom is 0.272 e. The molecule has 1 unspecified atom stereocenters. The molecule has 1 atom stereocenters. The number of rotatable bonds is 8. The maximum atomic E-state index is 13.3. The monoisotopic (exact) mass is 561 g/mol. The average Bonchev–Trinajstić information content (AvgIpc) is 3.26. The summed E-state index contributed by atoms with van der Waals surface area (Å²) >= 11 is 1.31. The van der Waals surface area contributed by atoms with Crippen LogP contribution in [-0.2, 0) is 14.4 Å². The topological polar surface area (TPSA) is 95.6 Å². The van der Waals surface area contributed by atoms with E-state index in [0.717, 1.165) is 16.0 Å². The van der Waals surface area contributed by atoms with Gasteiger partial charge in [0.15, 0.2) is 0 Å². The van der Waals surface area contributed by atoms with E-state index < -0.39 is 17.1 Å². The summed E-state index contributed by atoms with van der Waals surface area (Å²) in [5.74, 6) is -1.35. The smallest absolute Gasteiger partial charge is 0.272 e. The van der Waals surface area contributed by atoms with E-state index >= 15 is 0 Å². The molecular weight excluding hydrogens is 534 g/mol. The summed E-state index contributed by atoms with van der Waals surface area (Å²) in [7, 11) is 0. The zero-order valence-corrected chi connectivity index (χ0v) is 23.1. The highest BCUT2D eigenvalue weighted by Gasteiger charge is 2.40. The Balaban J connectivity index is 1.28. The van der Waals surface area contributed by atoms with Crippen molar-refractivity contribution in [1.29, 1.82) is 0 Å². The first kappa shape index (κ1) is 27.6. The van der Waals surface area contributed by atoms with Gasteiger partial charge in [-0.2, -0.15) is 0 Å². The van der Waals surface area contributed by atoms with Gasteiger partial charge in [-0.05, 0) is 67.1 Å². The molecule has 7 nitrogen and oxygen atoms in total. The van der Waals surface area contributed by atoms with E-state index in [9.17, 15) is 19.2 Å². The van der Waals surface area contributed by atoms with Gasteiger partial charge in [-0.3, -0.25) is 19.2 Å². The van der Waals surface area contributed by atoms with Crippen LogP contribution in [0.5, 0.6) is 0 Å². The Bertz CT molecular complexity index is 1620. The summed E-state index contributed by atoms with van der Waals surface area (Å²) in [5, 5.41) is 5.05. The van der Waals surface area contributed by atoms with Gasteiger partial charge < -0.3 is 10.6 Å². The number of thioether (sulfide) groups is 1. The molecule has 0 saturated carbocycles. The summed E-state index contributed by atoms with van der Waals surface area (Å²) < 4.78 is 0. The minimum atomic E-state index is -0.528. The molecule has 5 rings (SSSR count). The Morgan fingerprint density at radius 3 is 2.22 bits per heavy atom. The SMILES string of the molecule is Cc1cccc(/C=C(\NC(=O)c2ccccc2)C(=O)Nc2ccc(SC3CC(=O)N(c4ccccc4)C3=O)cc2)c1. The highest BCUT2D eigenvalue weighted by atomic mass is 32.2. The lowest BCUT2D eigenvalue weighted by atomic mass is 10.1. The molecule has 0 aliphatic carbocycles. The lowest BCUT2D eigenvalue weighted by molar-refractivity contribution is -0.121. The van der Waals surface area contributed by atoms with Crippen molar-refractivity contribution in [1.82, 2.24) is 5.32 Å². The van der Waals surface area contributed by atoms with E-state index in [1.54, 1.807) is 78.9 Å². The molecule has 41 heavy (non-hydrogen) atoms. The number of imide groups is 1. The molecule has 0 radical (unpaired) electrons. The van der Waals surface area contributed by atoms with E-state index in [0.29, 0.717) is 16.9 Å². The van der Waals surface area contributed by atoms with Crippen molar-refractivity contribution < 1.29 is 19.2 Å². The van der Waals surface area contributed by atoms with Crippen molar-refractivity contribution in [3.05, 3.63) is 132 Å². The van der Waals surface area contributed by atoms with E-state index in [4.69, 9.17) is 0 Å². The van der Waals surface area contributed by atoms with Gasteiger partial charge >= 0.3 is 0 Å². The van der Waals surface area contributed by atoms with Crippen LogP contribution in [0.3, 0.4) is 0 Å². The van der Waals surface area contributed by atoms with Gasteiger partial charge in [0.1, 0.15) is 5.70 Å². The Morgan fingerprint density at radius 2 is 1.54 bits per heavy atom. The average molecular weight is 562 g/mol. The fraction of sp³-hybridized carbons (Fsp3) is 0.0909. The van der Waals surface area contributed by atoms with Gasteiger partial charge in [-0.25, -0.2) is 4.90 Å². The number of carbonyl (C=O) groups excluding carboxylic acids is 4. The van der Waals surface area contributed by atoms with Crippen LogP contribution in [0.4, 0.5) is 11.4 Å². The van der Waals surface area contributed by atoms with Crippen molar-refractivity contribution in [3.63, 3.8) is 0 Å². The zero-order valence-electron chi connectivity index (χ0n) is 22.2. The van der Waals surface area contributed by atoms with Crippen molar-refractivity contribution in [2.75, 3.05) is 10.2 Å². The quantitative estimate of drug-likeness (QED) is 0.209. The number of hydrogen-bond acceptors (Lipinski definition) is 5. The molecule has 204 valence electrons. The molecule has 0 spiro atoms. The van der Waals surface area contributed by atoms with Crippen LogP contribution < -0.4 is 15.5 Å². The van der Waals surface area contributed by atoms with Gasteiger partial charge in [0, 0.05) is 22.6 Å². The number of hydrogen-bond donors (Lipinski definition) is 2. The molecule has 2 N–H and O–H groups in total. The molecule has 1 fully saturated rings. The predicted octanol–water partition coefficient (Wildman–Crippen LogP) is 5.83. The number of benzene rings is 4. The second kappa shape index (κ2) is 12.5. The Kier molecular flexibility index (Phi) is 8.41. The van der Waals surface area contributed by atoms with E-state index in [1.165, 1.54) is 16.7 Å². The molecule has 1 saturated heterocycles. The number of carbonyl (C=O) groups is 4. The summed E-state index contributed by atoms with van der Waals surface area (Å²) in [6.45, 7) is 1.95. The molecule has 8 heteroatoms. The minimum Gasteiger partial charge on any atom is -0.321 e. The van der Waals surface area contributed by atoms with Gasteiger partial charge in [0.25, 0.3) is 11.8 Å². The van der Waals surface area contributed by atoms with Gasteiger partial charge in [-0.15, -0.1) is 11.8 Å². The molecular formula is C33H27N3O4S. The van der Waals surface area contributed by atoms with Crippen molar-refractivity contribution in [3.8, 4) is 0 Å². The molecule has 0 bridgehead atoms. The van der Waals surface area contributed by atoms with Crippen LogP contribution in [0.1, 0.15) is 27.9 Å². The van der Waals surface area contributed by atoms with Crippen LogP contribution in [0.25, 0.3) is 6.08 Å². The van der Waals surface area contributed by atoms with Gasteiger partial charge in [-0.1, -0.05) is 66.2 Å². The highest BCUT2D eigenvalue weighted by molar-refractivity contribution is 8.00. The lowest BCUT2D eigenvalue weighted by Crippen LogP contribution is -2.31. The van der Waals surface area contributed by atoms with Crippen molar-refractivity contribution in [2.24, 2.45) is 0 Å². The number of anilines is 2. The standard InChI is InChI=1S/C33H27N3O4S/c1-22-9-8-10-23(19-22)20-28(35-31(38)24-11-4-2-5-12-24)32(39)34-25-15-17-27(18-16-25)41-29-21-30(37)36(33(29)40)26-13-6-3-7-14-26/h2-20,29H,21H2,1H3,(H,34,39)(H,35,38)/b28-20-. The van der Waals surface area contributed by atoms with E-state index in [1.807, 2.05) is 43.3 Å². The fourth-order valence-electron chi connectivity index (χ4n) is 4.39. The number of para-hydroxylation sites is 1. The van der Waals surface area contributed by atoms with E-state index in [2.05, 4.69) is 10.6 Å². The maximum absolute atomic E-state index is 13.3. The molecule has 4 amide bonds. The molecule has 1 heterocycles. The van der Waals surface area contributed by atoms with Gasteiger partial charge in [0.2, 0.25) is 11.8 Å². The third-order valence-corrected chi connectivity index (χ3v) is 7.59. The number of nitrogens with zero attached hydrogens (tertiary/aromatic N) is 1.